The van der Waals surface area contributed by atoms with Crippen molar-refractivity contribution in [3.05, 3.63) is 0 Å². The molecule has 12 heteroatoms. The van der Waals surface area contributed by atoms with Crippen molar-refractivity contribution in [2.75, 3.05) is 13.7 Å². The lowest BCUT2D eigenvalue weighted by atomic mass is 9.98. The molecule has 0 aliphatic carbocycles. The van der Waals surface area contributed by atoms with E-state index in [1.54, 1.807) is 0 Å². The number of ether oxygens (including phenoxy) is 4. The highest BCUT2D eigenvalue weighted by atomic mass is 32.3. The summed E-state index contributed by atoms with van der Waals surface area (Å²) in [4.78, 5) is 25.9. The molecule has 1 heterocycles. The van der Waals surface area contributed by atoms with E-state index in [0.29, 0.717) is 12.8 Å². The van der Waals surface area contributed by atoms with Crippen LogP contribution in [0.25, 0.3) is 0 Å². The fourth-order valence-electron chi connectivity index (χ4n) is 6.55. The van der Waals surface area contributed by atoms with Crippen LogP contribution in [0.3, 0.4) is 0 Å². The van der Waals surface area contributed by atoms with E-state index >= 15 is 0 Å². The van der Waals surface area contributed by atoms with Crippen LogP contribution in [0.1, 0.15) is 187 Å². The van der Waals surface area contributed by atoms with Crippen molar-refractivity contribution >= 4 is 22.3 Å². The Labute approximate surface area is 304 Å². The van der Waals surface area contributed by atoms with Crippen molar-refractivity contribution in [3.63, 3.8) is 0 Å². The molecule has 0 radical (unpaired) electrons. The maximum Gasteiger partial charge on any atom is 0.397 e. The van der Waals surface area contributed by atoms with E-state index in [1.807, 2.05) is 0 Å². The number of carbonyl (C=O) groups is 2. The van der Waals surface area contributed by atoms with Crippen LogP contribution < -0.4 is 0 Å². The third-order valence-electron chi connectivity index (χ3n) is 9.49. The Morgan fingerprint density at radius 2 is 0.900 bits per heavy atom. The fraction of sp³-hybridized carbons (Fsp3) is 0.947. The summed E-state index contributed by atoms with van der Waals surface area (Å²) in [6.45, 7) is 3.72. The van der Waals surface area contributed by atoms with Crippen molar-refractivity contribution in [2.45, 2.75) is 218 Å². The van der Waals surface area contributed by atoms with Crippen molar-refractivity contribution in [3.8, 4) is 0 Å². The predicted molar refractivity (Wildman–Crippen MR) is 195 cm³/mol. The van der Waals surface area contributed by atoms with Gasteiger partial charge < -0.3 is 24.1 Å². The third kappa shape index (κ3) is 23.3. The number of carbonyl (C=O) groups excluding carboxylic acids is 2. The SMILES string of the molecule is CCCCCCCCCCCCCCCC(=O)O[C@H]1C(OC)O[C@H](CO)[C@@H](OS(=O)(=O)O)[C@@H]1OC(=O)CCCCCCCCCCCCCC. The Kier molecular flexibility index (Phi) is 28.2. The highest BCUT2D eigenvalue weighted by Gasteiger charge is 2.52. The first-order valence-corrected chi connectivity index (χ1v) is 21.4. The molecular weight excluding hydrogens is 664 g/mol. The van der Waals surface area contributed by atoms with Crippen LogP contribution in [0, 0.1) is 0 Å². The normalized spacial score (nSPS) is 20.9. The number of methoxy groups -OCH3 is 1. The van der Waals surface area contributed by atoms with Gasteiger partial charge in [0.2, 0.25) is 0 Å². The molecule has 0 bridgehead atoms. The van der Waals surface area contributed by atoms with Gasteiger partial charge in [-0.3, -0.25) is 14.1 Å². The monoisotopic (exact) mass is 736 g/mol. The molecule has 1 unspecified atom stereocenters. The third-order valence-corrected chi connectivity index (χ3v) is 9.96. The second-order valence-corrected chi connectivity index (χ2v) is 15.0. The van der Waals surface area contributed by atoms with E-state index in [4.69, 9.17) is 23.1 Å². The summed E-state index contributed by atoms with van der Waals surface area (Å²) in [6, 6.07) is 0. The minimum absolute atomic E-state index is 0.0639. The summed E-state index contributed by atoms with van der Waals surface area (Å²) in [5.74, 6) is -1.23. The predicted octanol–water partition coefficient (Wildman–Crippen LogP) is 8.93. The van der Waals surface area contributed by atoms with Gasteiger partial charge in [0.25, 0.3) is 0 Å². The van der Waals surface area contributed by atoms with Gasteiger partial charge in [-0.1, -0.05) is 162 Å². The summed E-state index contributed by atoms with van der Waals surface area (Å²) in [6.07, 6.45) is 21.8. The van der Waals surface area contributed by atoms with E-state index in [0.717, 1.165) is 38.5 Å². The average Bonchev–Trinajstić information content (AvgIpc) is 3.08. The van der Waals surface area contributed by atoms with Crippen molar-refractivity contribution in [1.29, 1.82) is 0 Å². The molecule has 0 saturated carbocycles. The van der Waals surface area contributed by atoms with Gasteiger partial charge in [0.05, 0.1) is 6.61 Å². The number of esters is 2. The molecule has 0 amide bonds. The molecule has 1 fully saturated rings. The number of hydrogen-bond acceptors (Lipinski definition) is 10. The van der Waals surface area contributed by atoms with E-state index in [9.17, 15) is 27.7 Å². The molecule has 0 aromatic heterocycles. The van der Waals surface area contributed by atoms with E-state index in [1.165, 1.54) is 116 Å². The molecule has 0 aromatic carbocycles. The zero-order chi connectivity index (χ0) is 36.9. The molecule has 1 rings (SSSR count). The Morgan fingerprint density at radius 3 is 1.22 bits per heavy atom. The van der Waals surface area contributed by atoms with Crippen LogP contribution in [0.5, 0.6) is 0 Å². The summed E-state index contributed by atoms with van der Waals surface area (Å²) >= 11 is 0. The molecule has 296 valence electrons. The smallest absolute Gasteiger partial charge is 0.397 e. The second-order valence-electron chi connectivity index (χ2n) is 14.0. The molecular formula is C38H72O11S. The number of aliphatic hydroxyl groups excluding tert-OH is 1. The highest BCUT2D eigenvalue weighted by Crippen LogP contribution is 2.30. The van der Waals surface area contributed by atoms with Crippen LogP contribution in [0.2, 0.25) is 0 Å². The fourth-order valence-corrected chi connectivity index (χ4v) is 7.06. The van der Waals surface area contributed by atoms with Crippen LogP contribution in [-0.2, 0) is 43.1 Å². The number of aliphatic hydroxyl groups is 1. The summed E-state index contributed by atoms with van der Waals surface area (Å²) in [5.41, 5.74) is 0. The highest BCUT2D eigenvalue weighted by molar-refractivity contribution is 7.80. The van der Waals surface area contributed by atoms with Crippen LogP contribution >= 0.6 is 0 Å². The standard InChI is InChI=1S/C38H72O11S/c1-4-6-8-10-12-14-16-18-20-22-24-26-28-30-34(41)48-37-36(35(49-50(42,43)44)32(31-39)46-38(37)45-3)47-33(40)29-27-25-23-21-19-17-15-13-11-9-7-5-2/h32,35-39H,4-31H2,1-3H3,(H,42,43,44)/t32-,35-,36+,37-,38?/m1/s1. The molecule has 1 saturated heterocycles. The minimum atomic E-state index is -5.05. The van der Waals surface area contributed by atoms with E-state index < -0.39 is 59.7 Å². The van der Waals surface area contributed by atoms with Gasteiger partial charge in [-0.05, 0) is 12.8 Å². The molecule has 50 heavy (non-hydrogen) atoms. The zero-order valence-electron chi connectivity index (χ0n) is 31.7. The average molecular weight is 737 g/mol. The first-order chi connectivity index (χ1) is 24.2. The number of rotatable bonds is 33. The topological polar surface area (TPSA) is 155 Å². The van der Waals surface area contributed by atoms with E-state index in [-0.39, 0.29) is 12.8 Å². The van der Waals surface area contributed by atoms with Gasteiger partial charge in [-0.2, -0.15) is 8.42 Å². The van der Waals surface area contributed by atoms with Gasteiger partial charge in [-0.25, -0.2) is 4.18 Å². The van der Waals surface area contributed by atoms with Gasteiger partial charge in [0.15, 0.2) is 18.5 Å². The van der Waals surface area contributed by atoms with Crippen molar-refractivity contribution in [2.24, 2.45) is 0 Å². The minimum Gasteiger partial charge on any atom is -0.455 e. The molecule has 1 aliphatic heterocycles. The molecule has 1 aliphatic rings. The largest absolute Gasteiger partial charge is 0.455 e. The molecule has 5 atom stereocenters. The first kappa shape index (κ1) is 46.7. The Bertz CT molecular complexity index is 945. The lowest BCUT2D eigenvalue weighted by Gasteiger charge is -2.43. The van der Waals surface area contributed by atoms with Crippen molar-refractivity contribution in [1.82, 2.24) is 0 Å². The maximum absolute atomic E-state index is 13.0. The Balaban J connectivity index is 2.57. The maximum atomic E-state index is 13.0. The quantitative estimate of drug-likeness (QED) is 0.0377. The molecule has 0 spiro atoms. The number of unbranched alkanes of at least 4 members (excludes halogenated alkanes) is 23. The number of hydrogen-bond donors (Lipinski definition) is 2. The molecule has 2 N–H and O–H groups in total. The summed E-state index contributed by atoms with van der Waals surface area (Å²) in [7, 11) is -3.76. The van der Waals surface area contributed by atoms with Gasteiger partial charge in [-0.15, -0.1) is 0 Å². The first-order valence-electron chi connectivity index (χ1n) is 20.0. The zero-order valence-corrected chi connectivity index (χ0v) is 32.5. The summed E-state index contributed by atoms with van der Waals surface area (Å²) in [5, 5.41) is 9.92. The van der Waals surface area contributed by atoms with Crippen LogP contribution in [0.4, 0.5) is 0 Å². The Morgan fingerprint density at radius 1 is 0.560 bits per heavy atom. The Hall–Kier alpha value is -1.31. The second kappa shape index (κ2) is 30.2. The van der Waals surface area contributed by atoms with Gasteiger partial charge in [0, 0.05) is 20.0 Å². The lowest BCUT2D eigenvalue weighted by molar-refractivity contribution is -0.296. The van der Waals surface area contributed by atoms with Gasteiger partial charge in [0.1, 0.15) is 12.2 Å². The van der Waals surface area contributed by atoms with Crippen LogP contribution in [-0.4, -0.2) is 74.4 Å². The van der Waals surface area contributed by atoms with E-state index in [2.05, 4.69) is 13.8 Å². The molecule has 0 aromatic rings. The molecule has 11 nitrogen and oxygen atoms in total. The summed E-state index contributed by atoms with van der Waals surface area (Å²) < 4.78 is 60.1. The lowest BCUT2D eigenvalue weighted by Crippen LogP contribution is -2.62. The van der Waals surface area contributed by atoms with Crippen LogP contribution in [0.15, 0.2) is 0 Å². The van der Waals surface area contributed by atoms with Crippen molar-refractivity contribution < 1.29 is 50.8 Å². The van der Waals surface area contributed by atoms with Gasteiger partial charge >= 0.3 is 22.3 Å².